The summed E-state index contributed by atoms with van der Waals surface area (Å²) in [6, 6.07) is 18.5. The Bertz CT molecular complexity index is 1240. The van der Waals surface area contributed by atoms with Crippen molar-refractivity contribution in [3.63, 3.8) is 0 Å². The summed E-state index contributed by atoms with van der Waals surface area (Å²) in [5.41, 5.74) is 6.08. The number of nitrogens with one attached hydrogen (secondary N) is 1. The number of hydrogen-bond donors (Lipinski definition) is 1. The van der Waals surface area contributed by atoms with Crippen LogP contribution in [-0.2, 0) is 0 Å². The van der Waals surface area contributed by atoms with Gasteiger partial charge in [0.25, 0.3) is 5.91 Å². The van der Waals surface area contributed by atoms with Gasteiger partial charge in [0.1, 0.15) is 11.4 Å². The van der Waals surface area contributed by atoms with E-state index < -0.39 is 0 Å². The number of benzene rings is 2. The standard InChI is InChI=1S/C24H20ClN5O2/c1-2-32-22-9-8-18(14-21(22)25)23-19(16-30(29-23)20-6-4-3-5-7-20)15-27-28-24(31)17-10-12-26-13-11-17/h3-16H,2H2,1H3,(H,28,31). The quantitative estimate of drug-likeness (QED) is 0.329. The Morgan fingerprint density at radius 2 is 1.94 bits per heavy atom. The van der Waals surface area contributed by atoms with Crippen molar-refractivity contribution in [2.45, 2.75) is 6.92 Å². The van der Waals surface area contributed by atoms with E-state index in [9.17, 15) is 4.79 Å². The van der Waals surface area contributed by atoms with E-state index in [1.807, 2.05) is 55.6 Å². The molecule has 2 aromatic heterocycles. The number of halogens is 1. The molecule has 0 bridgehead atoms. The van der Waals surface area contributed by atoms with Gasteiger partial charge < -0.3 is 4.74 Å². The number of amides is 1. The Morgan fingerprint density at radius 1 is 1.16 bits per heavy atom. The average molecular weight is 446 g/mol. The number of nitrogens with zero attached hydrogens (tertiary/aromatic N) is 4. The predicted octanol–water partition coefficient (Wildman–Crippen LogP) is 4.75. The molecule has 7 nitrogen and oxygen atoms in total. The summed E-state index contributed by atoms with van der Waals surface area (Å²) in [4.78, 5) is 16.2. The SMILES string of the molecule is CCOc1ccc(-c2nn(-c3ccccc3)cc2C=NNC(=O)c2ccncc2)cc1Cl. The fourth-order valence-corrected chi connectivity index (χ4v) is 3.30. The first-order valence-electron chi connectivity index (χ1n) is 9.97. The van der Waals surface area contributed by atoms with E-state index in [2.05, 4.69) is 15.5 Å². The fourth-order valence-electron chi connectivity index (χ4n) is 3.07. The highest BCUT2D eigenvalue weighted by atomic mass is 35.5. The molecule has 0 radical (unpaired) electrons. The van der Waals surface area contributed by atoms with Crippen LogP contribution in [0.4, 0.5) is 0 Å². The third kappa shape index (κ3) is 4.84. The average Bonchev–Trinajstić information content (AvgIpc) is 3.26. The summed E-state index contributed by atoms with van der Waals surface area (Å²) in [5, 5.41) is 9.35. The molecule has 0 spiro atoms. The maximum atomic E-state index is 12.3. The van der Waals surface area contributed by atoms with Crippen molar-refractivity contribution in [3.05, 3.63) is 95.4 Å². The Hall–Kier alpha value is -3.97. The van der Waals surface area contributed by atoms with E-state index in [0.29, 0.717) is 34.2 Å². The summed E-state index contributed by atoms with van der Waals surface area (Å²) in [5.74, 6) is 0.282. The lowest BCUT2D eigenvalue weighted by atomic mass is 10.1. The Balaban J connectivity index is 1.66. The normalized spacial score (nSPS) is 10.9. The van der Waals surface area contributed by atoms with Gasteiger partial charge in [0.05, 0.1) is 23.5 Å². The number of hydrogen-bond acceptors (Lipinski definition) is 5. The van der Waals surface area contributed by atoms with E-state index in [1.165, 1.54) is 0 Å². The van der Waals surface area contributed by atoms with Crippen molar-refractivity contribution in [2.75, 3.05) is 6.61 Å². The summed E-state index contributed by atoms with van der Waals surface area (Å²) in [6.45, 7) is 2.43. The van der Waals surface area contributed by atoms with Crippen LogP contribution >= 0.6 is 11.6 Å². The van der Waals surface area contributed by atoms with Crippen molar-refractivity contribution >= 4 is 23.7 Å². The van der Waals surface area contributed by atoms with Crippen LogP contribution in [0.2, 0.25) is 5.02 Å². The highest BCUT2D eigenvalue weighted by Crippen LogP contribution is 2.31. The number of pyridine rings is 1. The lowest BCUT2D eigenvalue weighted by Gasteiger charge is -2.07. The summed E-state index contributed by atoms with van der Waals surface area (Å²) in [6.07, 6.45) is 6.51. The molecule has 32 heavy (non-hydrogen) atoms. The van der Waals surface area contributed by atoms with E-state index in [1.54, 1.807) is 41.5 Å². The number of carbonyl (C=O) groups excluding carboxylic acids is 1. The van der Waals surface area contributed by atoms with Crippen LogP contribution in [0.1, 0.15) is 22.8 Å². The third-order valence-electron chi connectivity index (χ3n) is 4.58. The number of ether oxygens (including phenoxy) is 1. The molecule has 8 heteroatoms. The zero-order valence-corrected chi connectivity index (χ0v) is 18.0. The maximum absolute atomic E-state index is 12.3. The molecule has 0 aliphatic carbocycles. The Morgan fingerprint density at radius 3 is 2.66 bits per heavy atom. The van der Waals surface area contributed by atoms with Crippen molar-refractivity contribution < 1.29 is 9.53 Å². The van der Waals surface area contributed by atoms with E-state index in [-0.39, 0.29) is 5.91 Å². The van der Waals surface area contributed by atoms with Crippen LogP contribution in [0, 0.1) is 0 Å². The Labute approximate surface area is 190 Å². The van der Waals surface area contributed by atoms with Crippen LogP contribution < -0.4 is 10.2 Å². The summed E-state index contributed by atoms with van der Waals surface area (Å²) < 4.78 is 7.29. The maximum Gasteiger partial charge on any atom is 0.271 e. The zero-order valence-electron chi connectivity index (χ0n) is 17.3. The highest BCUT2D eigenvalue weighted by Gasteiger charge is 2.13. The van der Waals surface area contributed by atoms with Gasteiger partial charge in [0, 0.05) is 35.3 Å². The second kappa shape index (κ2) is 9.89. The lowest BCUT2D eigenvalue weighted by Crippen LogP contribution is -2.17. The summed E-state index contributed by atoms with van der Waals surface area (Å²) >= 11 is 6.39. The monoisotopic (exact) mass is 445 g/mol. The topological polar surface area (TPSA) is 81.4 Å². The van der Waals surface area contributed by atoms with E-state index in [0.717, 1.165) is 11.3 Å². The molecule has 4 aromatic rings. The van der Waals surface area contributed by atoms with Crippen LogP contribution in [0.5, 0.6) is 5.75 Å². The van der Waals surface area contributed by atoms with Gasteiger partial charge in [0.15, 0.2) is 0 Å². The van der Waals surface area contributed by atoms with Crippen LogP contribution in [0.15, 0.2) is 84.4 Å². The molecule has 0 unspecified atom stereocenters. The van der Waals surface area contributed by atoms with E-state index in [4.69, 9.17) is 21.4 Å². The molecule has 160 valence electrons. The van der Waals surface area contributed by atoms with E-state index >= 15 is 0 Å². The second-order valence-corrected chi connectivity index (χ2v) is 7.13. The highest BCUT2D eigenvalue weighted by molar-refractivity contribution is 6.32. The molecule has 1 N–H and O–H groups in total. The minimum absolute atomic E-state index is 0.329. The molecule has 1 amide bonds. The second-order valence-electron chi connectivity index (χ2n) is 6.73. The first-order chi connectivity index (χ1) is 15.7. The number of rotatable bonds is 7. The van der Waals surface area contributed by atoms with Gasteiger partial charge in [-0.25, -0.2) is 10.1 Å². The molecule has 0 atom stereocenters. The van der Waals surface area contributed by atoms with Crippen molar-refractivity contribution in [1.29, 1.82) is 0 Å². The van der Waals surface area contributed by atoms with Crippen molar-refractivity contribution in [2.24, 2.45) is 5.10 Å². The van der Waals surface area contributed by atoms with Gasteiger partial charge in [-0.05, 0) is 49.4 Å². The van der Waals surface area contributed by atoms with Crippen LogP contribution in [0.25, 0.3) is 16.9 Å². The van der Waals surface area contributed by atoms with Crippen molar-refractivity contribution in [3.8, 4) is 22.7 Å². The van der Waals surface area contributed by atoms with Gasteiger partial charge in [-0.15, -0.1) is 0 Å². The molecular weight excluding hydrogens is 426 g/mol. The van der Waals surface area contributed by atoms with Crippen molar-refractivity contribution in [1.82, 2.24) is 20.2 Å². The number of aromatic nitrogens is 3. The zero-order chi connectivity index (χ0) is 22.3. The molecule has 0 saturated heterocycles. The molecule has 0 saturated carbocycles. The fraction of sp³-hybridized carbons (Fsp3) is 0.0833. The predicted molar refractivity (Wildman–Crippen MR) is 124 cm³/mol. The van der Waals surface area contributed by atoms with Gasteiger partial charge in [0.2, 0.25) is 0 Å². The molecule has 0 fully saturated rings. The lowest BCUT2D eigenvalue weighted by molar-refractivity contribution is 0.0955. The smallest absolute Gasteiger partial charge is 0.271 e. The third-order valence-corrected chi connectivity index (χ3v) is 4.88. The molecule has 0 aliphatic rings. The minimum Gasteiger partial charge on any atom is -0.492 e. The number of para-hydroxylation sites is 1. The number of hydrazone groups is 1. The summed E-state index contributed by atoms with van der Waals surface area (Å²) in [7, 11) is 0. The molecule has 4 rings (SSSR count). The molecule has 0 aliphatic heterocycles. The molecule has 2 aromatic carbocycles. The van der Waals surface area contributed by atoms with Crippen LogP contribution in [-0.4, -0.2) is 33.5 Å². The Kier molecular flexibility index (Phi) is 6.57. The first kappa shape index (κ1) is 21.3. The molecular formula is C24H20ClN5O2. The van der Waals surface area contributed by atoms with Gasteiger partial charge in [-0.2, -0.15) is 10.2 Å². The van der Waals surface area contributed by atoms with Gasteiger partial charge in [-0.3, -0.25) is 9.78 Å². The minimum atomic E-state index is -0.329. The van der Waals surface area contributed by atoms with Gasteiger partial charge in [-0.1, -0.05) is 29.8 Å². The first-order valence-corrected chi connectivity index (χ1v) is 10.3. The largest absolute Gasteiger partial charge is 0.492 e. The number of carbonyl (C=O) groups is 1. The van der Waals surface area contributed by atoms with Crippen LogP contribution in [0.3, 0.4) is 0 Å². The van der Waals surface area contributed by atoms with Gasteiger partial charge >= 0.3 is 0 Å². The molecule has 2 heterocycles.